The zero-order valence-corrected chi connectivity index (χ0v) is 7.96. The Balaban J connectivity index is 2.61. The molecule has 0 fully saturated rings. The second-order valence-electron chi connectivity index (χ2n) is 3.73. The van der Waals surface area contributed by atoms with Crippen molar-refractivity contribution in [3.05, 3.63) is 35.1 Å². The van der Waals surface area contributed by atoms with E-state index in [2.05, 4.69) is 0 Å². The van der Waals surface area contributed by atoms with E-state index in [0.29, 0.717) is 12.8 Å². The number of aliphatic carboxylic acids is 1. The molecule has 15 heavy (non-hydrogen) atoms. The fraction of sp³-hybridized carbons (Fsp3) is 0.364. The van der Waals surface area contributed by atoms with Crippen molar-refractivity contribution in [3.63, 3.8) is 0 Å². The van der Waals surface area contributed by atoms with Gasteiger partial charge in [-0.25, -0.2) is 13.6 Å². The molecule has 0 saturated carbocycles. The van der Waals surface area contributed by atoms with Crippen molar-refractivity contribution in [1.29, 1.82) is 0 Å². The molecule has 80 valence electrons. The standard InChI is InChI=1S/C11H10F2O2/c12-9-5-1-4-8-7(9)3-2-6-11(8,13)10(14)15/h1,4-5H,2-3,6H2,(H,14,15). The van der Waals surface area contributed by atoms with Gasteiger partial charge in [-0.15, -0.1) is 0 Å². The highest BCUT2D eigenvalue weighted by Crippen LogP contribution is 2.39. The van der Waals surface area contributed by atoms with Gasteiger partial charge in [0.2, 0.25) is 5.67 Å². The van der Waals surface area contributed by atoms with E-state index in [1.807, 2.05) is 0 Å². The quantitative estimate of drug-likeness (QED) is 0.776. The zero-order chi connectivity index (χ0) is 11.1. The highest BCUT2D eigenvalue weighted by atomic mass is 19.1. The molecule has 2 rings (SSSR count). The summed E-state index contributed by atoms with van der Waals surface area (Å²) < 4.78 is 27.4. The van der Waals surface area contributed by atoms with Crippen LogP contribution in [0.1, 0.15) is 24.0 Å². The Kier molecular flexibility index (Phi) is 2.21. The van der Waals surface area contributed by atoms with Crippen LogP contribution in [-0.2, 0) is 16.9 Å². The molecule has 1 N–H and O–H groups in total. The summed E-state index contributed by atoms with van der Waals surface area (Å²) in [7, 11) is 0. The van der Waals surface area contributed by atoms with Crippen LogP contribution in [-0.4, -0.2) is 11.1 Å². The third kappa shape index (κ3) is 1.40. The van der Waals surface area contributed by atoms with Gasteiger partial charge in [-0.3, -0.25) is 0 Å². The average Bonchev–Trinajstić information content (AvgIpc) is 2.20. The largest absolute Gasteiger partial charge is 0.479 e. The minimum absolute atomic E-state index is 0.0266. The van der Waals surface area contributed by atoms with Crippen LogP contribution in [0.15, 0.2) is 18.2 Å². The van der Waals surface area contributed by atoms with E-state index in [1.165, 1.54) is 18.2 Å². The van der Waals surface area contributed by atoms with Crippen molar-refractivity contribution in [1.82, 2.24) is 0 Å². The third-order valence-corrected chi connectivity index (χ3v) is 2.83. The summed E-state index contributed by atoms with van der Waals surface area (Å²) in [5, 5.41) is 8.84. The number of carboxylic acids is 1. The summed E-state index contributed by atoms with van der Waals surface area (Å²) in [5.74, 6) is -2.05. The number of halogens is 2. The van der Waals surface area contributed by atoms with E-state index in [-0.39, 0.29) is 17.5 Å². The Morgan fingerprint density at radius 3 is 2.87 bits per heavy atom. The maximum absolute atomic E-state index is 14.1. The summed E-state index contributed by atoms with van der Waals surface area (Å²) in [4.78, 5) is 10.9. The lowest BCUT2D eigenvalue weighted by Crippen LogP contribution is -2.35. The number of hydrogen-bond acceptors (Lipinski definition) is 1. The van der Waals surface area contributed by atoms with Crippen LogP contribution < -0.4 is 0 Å². The van der Waals surface area contributed by atoms with Crippen molar-refractivity contribution < 1.29 is 18.7 Å². The number of hydrogen-bond donors (Lipinski definition) is 1. The molecule has 1 atom stereocenters. The van der Waals surface area contributed by atoms with E-state index in [9.17, 15) is 13.6 Å². The molecule has 1 unspecified atom stereocenters. The molecule has 0 spiro atoms. The first-order valence-corrected chi connectivity index (χ1v) is 4.76. The fourth-order valence-corrected chi connectivity index (χ4v) is 2.05. The smallest absolute Gasteiger partial charge is 0.346 e. The topological polar surface area (TPSA) is 37.3 Å². The molecule has 1 aliphatic rings. The first-order valence-electron chi connectivity index (χ1n) is 4.76. The van der Waals surface area contributed by atoms with Gasteiger partial charge < -0.3 is 5.11 Å². The van der Waals surface area contributed by atoms with Crippen molar-refractivity contribution >= 4 is 5.97 Å². The van der Waals surface area contributed by atoms with Gasteiger partial charge in [-0.05, 0) is 30.9 Å². The highest BCUT2D eigenvalue weighted by molar-refractivity contribution is 5.80. The van der Waals surface area contributed by atoms with E-state index < -0.39 is 17.5 Å². The van der Waals surface area contributed by atoms with Crippen molar-refractivity contribution in [3.8, 4) is 0 Å². The molecule has 1 aliphatic carbocycles. The number of alkyl halides is 1. The predicted octanol–water partition coefficient (Wildman–Crippen LogP) is 2.41. The SMILES string of the molecule is O=C(O)C1(F)CCCc2c(F)cccc21. The molecular formula is C11H10F2O2. The normalized spacial score (nSPS) is 24.7. The van der Waals surface area contributed by atoms with Crippen molar-refractivity contribution in [2.45, 2.75) is 24.9 Å². The van der Waals surface area contributed by atoms with Gasteiger partial charge in [0.05, 0.1) is 0 Å². The van der Waals surface area contributed by atoms with Crippen LogP contribution in [0, 0.1) is 5.82 Å². The second-order valence-corrected chi connectivity index (χ2v) is 3.73. The van der Waals surface area contributed by atoms with Crippen LogP contribution >= 0.6 is 0 Å². The molecule has 0 amide bonds. The number of carboxylic acid groups (broad SMARTS) is 1. The molecule has 4 heteroatoms. The Bertz CT molecular complexity index is 417. The van der Waals surface area contributed by atoms with Gasteiger partial charge >= 0.3 is 5.97 Å². The Morgan fingerprint density at radius 2 is 2.20 bits per heavy atom. The Morgan fingerprint density at radius 1 is 1.47 bits per heavy atom. The van der Waals surface area contributed by atoms with Crippen LogP contribution in [0.3, 0.4) is 0 Å². The van der Waals surface area contributed by atoms with Gasteiger partial charge in [-0.1, -0.05) is 12.1 Å². The van der Waals surface area contributed by atoms with Gasteiger partial charge in [0, 0.05) is 5.56 Å². The van der Waals surface area contributed by atoms with Crippen molar-refractivity contribution in [2.24, 2.45) is 0 Å². The molecule has 1 aromatic rings. The molecule has 0 bridgehead atoms. The summed E-state index contributed by atoms with van der Waals surface area (Å²) in [6.07, 6.45) is 0.677. The van der Waals surface area contributed by atoms with Gasteiger partial charge in [0.25, 0.3) is 0 Å². The minimum atomic E-state index is -2.42. The molecule has 0 aromatic heterocycles. The maximum atomic E-state index is 14.1. The second kappa shape index (κ2) is 3.29. The summed E-state index contributed by atoms with van der Waals surface area (Å²) >= 11 is 0. The summed E-state index contributed by atoms with van der Waals surface area (Å²) in [6, 6.07) is 3.93. The van der Waals surface area contributed by atoms with Gasteiger partial charge in [0.15, 0.2) is 0 Å². The van der Waals surface area contributed by atoms with Gasteiger partial charge in [-0.2, -0.15) is 0 Å². The van der Waals surface area contributed by atoms with E-state index >= 15 is 0 Å². The first kappa shape index (κ1) is 10.1. The van der Waals surface area contributed by atoms with E-state index in [1.54, 1.807) is 0 Å². The van der Waals surface area contributed by atoms with Gasteiger partial charge in [0.1, 0.15) is 5.82 Å². The summed E-state index contributed by atoms with van der Waals surface area (Å²) in [5.41, 5.74) is -2.25. The molecule has 2 nitrogen and oxygen atoms in total. The first-order chi connectivity index (χ1) is 7.05. The van der Waals surface area contributed by atoms with E-state index in [0.717, 1.165) is 0 Å². The summed E-state index contributed by atoms with van der Waals surface area (Å²) in [6.45, 7) is 0. The predicted molar refractivity (Wildman–Crippen MR) is 49.8 cm³/mol. The monoisotopic (exact) mass is 212 g/mol. The maximum Gasteiger partial charge on any atom is 0.346 e. The number of fused-ring (bicyclic) bond motifs is 1. The lowest BCUT2D eigenvalue weighted by atomic mass is 9.80. The average molecular weight is 212 g/mol. The molecule has 0 radical (unpaired) electrons. The molecular weight excluding hydrogens is 202 g/mol. The Hall–Kier alpha value is -1.45. The van der Waals surface area contributed by atoms with E-state index in [4.69, 9.17) is 5.11 Å². The number of rotatable bonds is 1. The van der Waals surface area contributed by atoms with Crippen LogP contribution in [0.5, 0.6) is 0 Å². The minimum Gasteiger partial charge on any atom is -0.479 e. The van der Waals surface area contributed by atoms with Crippen molar-refractivity contribution in [2.75, 3.05) is 0 Å². The third-order valence-electron chi connectivity index (χ3n) is 2.83. The highest BCUT2D eigenvalue weighted by Gasteiger charge is 2.44. The lowest BCUT2D eigenvalue weighted by Gasteiger charge is -2.28. The molecule has 0 aliphatic heterocycles. The fourth-order valence-electron chi connectivity index (χ4n) is 2.05. The van der Waals surface area contributed by atoms with Crippen LogP contribution in [0.25, 0.3) is 0 Å². The lowest BCUT2D eigenvalue weighted by molar-refractivity contribution is -0.152. The zero-order valence-electron chi connectivity index (χ0n) is 7.96. The molecule has 0 heterocycles. The molecule has 1 aromatic carbocycles. The number of carbonyl (C=O) groups is 1. The van der Waals surface area contributed by atoms with Crippen LogP contribution in [0.4, 0.5) is 8.78 Å². The Labute approximate surface area is 85.5 Å². The van der Waals surface area contributed by atoms with Crippen LogP contribution in [0.2, 0.25) is 0 Å². The molecule has 0 saturated heterocycles. The number of benzene rings is 1.